The molecule has 0 aromatic heterocycles. The molecule has 0 aromatic carbocycles. The summed E-state index contributed by atoms with van der Waals surface area (Å²) in [5, 5.41) is 9.52. The second-order valence-corrected chi connectivity index (χ2v) is 6.23. The number of hydrogen-bond donors (Lipinski definition) is 2. The van der Waals surface area contributed by atoms with Crippen molar-refractivity contribution in [3.63, 3.8) is 0 Å². The molecule has 0 aliphatic carbocycles. The van der Waals surface area contributed by atoms with Crippen molar-refractivity contribution < 1.29 is 13.5 Å². The van der Waals surface area contributed by atoms with E-state index >= 15 is 0 Å². The molecule has 80 valence electrons. The van der Waals surface area contributed by atoms with Crippen LogP contribution in [0.5, 0.6) is 0 Å². The Labute approximate surface area is 80.4 Å². The lowest BCUT2D eigenvalue weighted by Gasteiger charge is -2.25. The second kappa shape index (κ2) is 4.39. The summed E-state index contributed by atoms with van der Waals surface area (Å²) in [5.74, 6) is 0.0455. The van der Waals surface area contributed by atoms with E-state index in [0.717, 1.165) is 0 Å². The van der Waals surface area contributed by atoms with Gasteiger partial charge < -0.3 is 5.11 Å². The van der Waals surface area contributed by atoms with E-state index in [1.807, 2.05) is 20.8 Å². The maximum atomic E-state index is 11.0. The van der Waals surface area contributed by atoms with Crippen molar-refractivity contribution in [2.24, 2.45) is 5.41 Å². The third-order valence-corrected chi connectivity index (χ3v) is 3.24. The van der Waals surface area contributed by atoms with E-state index in [2.05, 4.69) is 4.72 Å². The van der Waals surface area contributed by atoms with Crippen LogP contribution in [0.1, 0.15) is 27.7 Å². The average Bonchev–Trinajstić information content (AvgIpc) is 1.98. The first kappa shape index (κ1) is 12.9. The number of aliphatic hydroxyl groups excluding tert-OH is 1. The Morgan fingerprint density at radius 2 is 1.85 bits per heavy atom. The van der Waals surface area contributed by atoms with E-state index < -0.39 is 16.1 Å². The van der Waals surface area contributed by atoms with Gasteiger partial charge in [0.05, 0.1) is 11.9 Å². The van der Waals surface area contributed by atoms with Gasteiger partial charge in [-0.25, -0.2) is 13.1 Å². The zero-order valence-electron chi connectivity index (χ0n) is 8.66. The Kier molecular flexibility index (Phi) is 4.35. The summed E-state index contributed by atoms with van der Waals surface area (Å²) in [6.45, 7) is 7.22. The monoisotopic (exact) mass is 209 g/mol. The highest BCUT2D eigenvalue weighted by atomic mass is 32.2. The molecule has 0 saturated heterocycles. The summed E-state index contributed by atoms with van der Waals surface area (Å²) < 4.78 is 24.4. The van der Waals surface area contributed by atoms with Gasteiger partial charge in [-0.05, 0) is 12.3 Å². The van der Waals surface area contributed by atoms with Crippen LogP contribution in [0.2, 0.25) is 0 Å². The molecule has 4 nitrogen and oxygen atoms in total. The van der Waals surface area contributed by atoms with Crippen molar-refractivity contribution in [3.05, 3.63) is 0 Å². The molecule has 2 N–H and O–H groups in total. The van der Waals surface area contributed by atoms with Gasteiger partial charge in [0.1, 0.15) is 0 Å². The van der Waals surface area contributed by atoms with Gasteiger partial charge in [0, 0.05) is 6.54 Å². The fraction of sp³-hybridized carbons (Fsp3) is 1.00. The zero-order chi connectivity index (χ0) is 10.7. The summed E-state index contributed by atoms with van der Waals surface area (Å²) in [5.41, 5.74) is -0.295. The van der Waals surface area contributed by atoms with Gasteiger partial charge in [-0.2, -0.15) is 0 Å². The highest BCUT2D eigenvalue weighted by Crippen LogP contribution is 2.18. The van der Waals surface area contributed by atoms with Crippen molar-refractivity contribution in [1.82, 2.24) is 4.72 Å². The average molecular weight is 209 g/mol. The molecule has 0 fully saturated rings. The predicted molar refractivity (Wildman–Crippen MR) is 52.9 cm³/mol. The maximum absolute atomic E-state index is 11.0. The summed E-state index contributed by atoms with van der Waals surface area (Å²) in [4.78, 5) is 0. The zero-order valence-corrected chi connectivity index (χ0v) is 9.48. The Morgan fingerprint density at radius 3 is 2.15 bits per heavy atom. The first-order valence-electron chi connectivity index (χ1n) is 4.34. The molecule has 0 heterocycles. The molecule has 13 heavy (non-hydrogen) atoms. The highest BCUT2D eigenvalue weighted by molar-refractivity contribution is 7.89. The lowest BCUT2D eigenvalue weighted by molar-refractivity contribution is 0.0677. The minimum atomic E-state index is -3.18. The van der Waals surface area contributed by atoms with E-state index in [1.165, 1.54) is 0 Å². The normalized spacial score (nSPS) is 15.8. The van der Waals surface area contributed by atoms with Crippen molar-refractivity contribution in [2.75, 3.05) is 12.3 Å². The van der Waals surface area contributed by atoms with E-state index in [-0.39, 0.29) is 17.7 Å². The summed E-state index contributed by atoms with van der Waals surface area (Å²) >= 11 is 0. The summed E-state index contributed by atoms with van der Waals surface area (Å²) in [7, 11) is -3.18. The quantitative estimate of drug-likeness (QED) is 0.701. The Bertz CT molecular complexity index is 241. The number of aliphatic hydroxyl groups is 1. The van der Waals surface area contributed by atoms with Gasteiger partial charge in [0.2, 0.25) is 10.0 Å². The topological polar surface area (TPSA) is 66.4 Å². The van der Waals surface area contributed by atoms with Crippen molar-refractivity contribution >= 4 is 10.0 Å². The molecule has 0 spiro atoms. The van der Waals surface area contributed by atoms with Crippen LogP contribution >= 0.6 is 0 Å². The Balaban J connectivity index is 4.05. The van der Waals surface area contributed by atoms with Crippen LogP contribution in [0.4, 0.5) is 0 Å². The number of sulfonamides is 1. The van der Waals surface area contributed by atoms with Gasteiger partial charge in [-0.1, -0.05) is 20.8 Å². The standard InChI is InChI=1S/C8H19NO3S/c1-5-13(11,12)9-6-7(10)8(2,3)4/h7,9-10H,5-6H2,1-4H3. The van der Waals surface area contributed by atoms with Crippen LogP contribution in [0.15, 0.2) is 0 Å². The van der Waals surface area contributed by atoms with Crippen LogP contribution in [-0.2, 0) is 10.0 Å². The summed E-state index contributed by atoms with van der Waals surface area (Å²) in [6.07, 6.45) is -0.658. The van der Waals surface area contributed by atoms with E-state index in [9.17, 15) is 13.5 Å². The minimum Gasteiger partial charge on any atom is -0.391 e. The van der Waals surface area contributed by atoms with Crippen molar-refractivity contribution in [3.8, 4) is 0 Å². The third kappa shape index (κ3) is 5.23. The lowest BCUT2D eigenvalue weighted by atomic mass is 9.89. The molecule has 0 aromatic rings. The van der Waals surface area contributed by atoms with E-state index in [4.69, 9.17) is 0 Å². The van der Waals surface area contributed by atoms with Gasteiger partial charge in [-0.15, -0.1) is 0 Å². The number of hydrogen-bond acceptors (Lipinski definition) is 3. The molecule has 0 saturated carbocycles. The molecule has 0 amide bonds. The molecule has 0 rings (SSSR count). The molecule has 1 unspecified atom stereocenters. The Hall–Kier alpha value is -0.130. The minimum absolute atomic E-state index is 0.0455. The van der Waals surface area contributed by atoms with E-state index in [0.29, 0.717) is 0 Å². The second-order valence-electron chi connectivity index (χ2n) is 4.13. The lowest BCUT2D eigenvalue weighted by Crippen LogP contribution is -2.39. The molecule has 0 radical (unpaired) electrons. The van der Waals surface area contributed by atoms with Crippen molar-refractivity contribution in [2.45, 2.75) is 33.8 Å². The molecular weight excluding hydrogens is 190 g/mol. The smallest absolute Gasteiger partial charge is 0.211 e. The van der Waals surface area contributed by atoms with Crippen LogP contribution in [0, 0.1) is 5.41 Å². The number of nitrogens with one attached hydrogen (secondary N) is 1. The molecule has 0 bridgehead atoms. The first-order valence-corrected chi connectivity index (χ1v) is 5.99. The Morgan fingerprint density at radius 1 is 1.38 bits per heavy atom. The molecule has 5 heteroatoms. The van der Waals surface area contributed by atoms with Gasteiger partial charge in [0.25, 0.3) is 0 Å². The maximum Gasteiger partial charge on any atom is 0.211 e. The fourth-order valence-corrected chi connectivity index (χ4v) is 1.23. The van der Waals surface area contributed by atoms with E-state index in [1.54, 1.807) is 6.92 Å². The predicted octanol–water partition coefficient (Wildman–Crippen LogP) is 0.333. The van der Waals surface area contributed by atoms with Gasteiger partial charge >= 0.3 is 0 Å². The summed E-state index contributed by atoms with van der Waals surface area (Å²) in [6, 6.07) is 0. The largest absolute Gasteiger partial charge is 0.391 e. The van der Waals surface area contributed by atoms with Gasteiger partial charge in [0.15, 0.2) is 0 Å². The fourth-order valence-electron chi connectivity index (χ4n) is 0.614. The molecule has 0 aliphatic rings. The number of rotatable bonds is 4. The van der Waals surface area contributed by atoms with Crippen LogP contribution in [-0.4, -0.2) is 31.9 Å². The molecule has 0 aliphatic heterocycles. The third-order valence-electron chi connectivity index (χ3n) is 1.88. The van der Waals surface area contributed by atoms with Crippen molar-refractivity contribution in [1.29, 1.82) is 0 Å². The molecule has 1 atom stereocenters. The van der Waals surface area contributed by atoms with Crippen LogP contribution in [0.3, 0.4) is 0 Å². The highest BCUT2D eigenvalue weighted by Gasteiger charge is 2.23. The van der Waals surface area contributed by atoms with Crippen LogP contribution in [0.25, 0.3) is 0 Å². The first-order chi connectivity index (χ1) is 5.69. The molecular formula is C8H19NO3S. The van der Waals surface area contributed by atoms with Gasteiger partial charge in [-0.3, -0.25) is 0 Å². The SMILES string of the molecule is CCS(=O)(=O)NCC(O)C(C)(C)C. The van der Waals surface area contributed by atoms with Crippen LogP contribution < -0.4 is 4.72 Å².